The molecule has 2 heterocycles. The van der Waals surface area contributed by atoms with Gasteiger partial charge in [0.05, 0.1) is 5.56 Å². The zero-order valence-corrected chi connectivity index (χ0v) is 16.5. The maximum Gasteiger partial charge on any atom is 0.257 e. The summed E-state index contributed by atoms with van der Waals surface area (Å²) in [6.07, 6.45) is 7.75. The van der Waals surface area contributed by atoms with Gasteiger partial charge in [-0.2, -0.15) is 0 Å². The van der Waals surface area contributed by atoms with Crippen LogP contribution >= 0.6 is 0 Å². The van der Waals surface area contributed by atoms with Crippen LogP contribution in [-0.4, -0.2) is 33.9 Å². The SMILES string of the molecule is O=C(c1cnc(C2CC2)nc1)N1CCCC(c2ccccc2)(c2ccccc2)C1. The van der Waals surface area contributed by atoms with Gasteiger partial charge in [-0.1, -0.05) is 60.7 Å². The van der Waals surface area contributed by atoms with Gasteiger partial charge in [-0.3, -0.25) is 4.79 Å². The molecule has 3 aromatic rings. The van der Waals surface area contributed by atoms with Gasteiger partial charge in [0.2, 0.25) is 0 Å². The van der Waals surface area contributed by atoms with E-state index in [1.165, 1.54) is 11.1 Å². The second-order valence-corrected chi connectivity index (χ2v) is 8.25. The summed E-state index contributed by atoms with van der Waals surface area (Å²) in [5.74, 6) is 1.41. The summed E-state index contributed by atoms with van der Waals surface area (Å²) in [6.45, 7) is 1.44. The van der Waals surface area contributed by atoms with Crippen LogP contribution in [0.5, 0.6) is 0 Å². The molecule has 1 aromatic heterocycles. The van der Waals surface area contributed by atoms with Gasteiger partial charge in [0.15, 0.2) is 0 Å². The highest BCUT2D eigenvalue weighted by Gasteiger charge is 2.40. The van der Waals surface area contributed by atoms with E-state index < -0.39 is 0 Å². The van der Waals surface area contributed by atoms with Crippen molar-refractivity contribution in [3.63, 3.8) is 0 Å². The Bertz CT molecular complexity index is 942. The standard InChI is InChI=1S/C25H25N3O/c29-24(20-16-26-23(27-17-20)19-12-13-19)28-15-7-14-25(18-28,21-8-3-1-4-9-21)22-10-5-2-6-11-22/h1-6,8-11,16-17,19H,7,12-15,18H2. The Morgan fingerprint density at radius 1 is 0.897 bits per heavy atom. The fraction of sp³-hybridized carbons (Fsp3) is 0.320. The van der Waals surface area contributed by atoms with Crippen LogP contribution in [0.4, 0.5) is 0 Å². The Kier molecular flexibility index (Phi) is 4.62. The van der Waals surface area contributed by atoms with Gasteiger partial charge in [-0.05, 0) is 36.8 Å². The van der Waals surface area contributed by atoms with Crippen molar-refractivity contribution in [3.05, 3.63) is 95.6 Å². The molecule has 29 heavy (non-hydrogen) atoms. The van der Waals surface area contributed by atoms with Crippen LogP contribution in [0.3, 0.4) is 0 Å². The van der Waals surface area contributed by atoms with Gasteiger partial charge >= 0.3 is 0 Å². The highest BCUT2D eigenvalue weighted by atomic mass is 16.2. The molecule has 4 heteroatoms. The molecule has 0 N–H and O–H groups in total. The van der Waals surface area contributed by atoms with Gasteiger partial charge in [-0.15, -0.1) is 0 Å². The molecule has 1 saturated carbocycles. The maximum absolute atomic E-state index is 13.3. The van der Waals surface area contributed by atoms with Gasteiger partial charge in [0.1, 0.15) is 5.82 Å². The molecule has 1 saturated heterocycles. The average Bonchev–Trinajstić information content (AvgIpc) is 3.65. The fourth-order valence-corrected chi connectivity index (χ4v) is 4.56. The minimum atomic E-state index is -0.189. The quantitative estimate of drug-likeness (QED) is 0.663. The summed E-state index contributed by atoms with van der Waals surface area (Å²) in [6, 6.07) is 21.2. The Hall–Kier alpha value is -3.01. The predicted molar refractivity (Wildman–Crippen MR) is 113 cm³/mol. The monoisotopic (exact) mass is 383 g/mol. The van der Waals surface area contributed by atoms with E-state index in [2.05, 4.69) is 58.5 Å². The van der Waals surface area contributed by atoms with Gasteiger partial charge in [0.25, 0.3) is 5.91 Å². The number of nitrogens with zero attached hydrogens (tertiary/aromatic N) is 3. The molecule has 1 amide bonds. The number of carbonyl (C=O) groups is 1. The summed E-state index contributed by atoms with van der Waals surface area (Å²) in [5.41, 5.74) is 2.94. The van der Waals surface area contributed by atoms with Crippen LogP contribution in [-0.2, 0) is 5.41 Å². The normalized spacial score (nSPS) is 18.4. The van der Waals surface area contributed by atoms with Gasteiger partial charge in [0, 0.05) is 36.8 Å². The first kappa shape index (κ1) is 18.0. The van der Waals surface area contributed by atoms with Crippen LogP contribution in [0, 0.1) is 0 Å². The van der Waals surface area contributed by atoms with Crippen LogP contribution in [0.1, 0.15) is 58.9 Å². The van der Waals surface area contributed by atoms with Crippen LogP contribution in [0.25, 0.3) is 0 Å². The van der Waals surface area contributed by atoms with Crippen molar-refractivity contribution in [2.75, 3.05) is 13.1 Å². The van der Waals surface area contributed by atoms with Crippen molar-refractivity contribution in [2.24, 2.45) is 0 Å². The molecule has 2 aromatic carbocycles. The minimum Gasteiger partial charge on any atom is -0.337 e. The predicted octanol–water partition coefficient (Wildman–Crippen LogP) is 4.58. The number of benzene rings is 2. The first-order valence-corrected chi connectivity index (χ1v) is 10.5. The zero-order valence-electron chi connectivity index (χ0n) is 16.5. The van der Waals surface area contributed by atoms with Crippen molar-refractivity contribution in [2.45, 2.75) is 37.0 Å². The number of piperidine rings is 1. The first-order valence-electron chi connectivity index (χ1n) is 10.5. The molecule has 146 valence electrons. The Balaban J connectivity index is 1.47. The topological polar surface area (TPSA) is 46.1 Å². The van der Waals surface area contributed by atoms with Crippen LogP contribution in [0.15, 0.2) is 73.1 Å². The minimum absolute atomic E-state index is 0.0308. The number of likely N-dealkylation sites (tertiary alicyclic amines) is 1. The van der Waals surface area contributed by atoms with E-state index in [4.69, 9.17) is 0 Å². The lowest BCUT2D eigenvalue weighted by Gasteiger charge is -2.44. The second-order valence-electron chi connectivity index (χ2n) is 8.25. The highest BCUT2D eigenvalue weighted by Crippen LogP contribution is 2.41. The molecule has 0 atom stereocenters. The second kappa shape index (κ2) is 7.43. The van der Waals surface area contributed by atoms with Crippen molar-refractivity contribution in [1.82, 2.24) is 14.9 Å². The largest absolute Gasteiger partial charge is 0.337 e. The average molecular weight is 383 g/mol. The molecule has 4 nitrogen and oxygen atoms in total. The molecule has 0 bridgehead atoms. The van der Waals surface area contributed by atoms with Gasteiger partial charge in [-0.25, -0.2) is 9.97 Å². The van der Waals surface area contributed by atoms with E-state index >= 15 is 0 Å². The molecular formula is C25H25N3O. The third-order valence-electron chi connectivity index (χ3n) is 6.29. The molecule has 1 aliphatic heterocycles. The van der Waals surface area contributed by atoms with E-state index in [-0.39, 0.29) is 11.3 Å². The summed E-state index contributed by atoms with van der Waals surface area (Å²) in [7, 11) is 0. The Morgan fingerprint density at radius 2 is 1.48 bits per heavy atom. The third-order valence-corrected chi connectivity index (χ3v) is 6.29. The van der Waals surface area contributed by atoms with Crippen LogP contribution in [0.2, 0.25) is 0 Å². The summed E-state index contributed by atoms with van der Waals surface area (Å²) >= 11 is 0. The lowest BCUT2D eigenvalue weighted by Crippen LogP contribution is -2.49. The summed E-state index contributed by atoms with van der Waals surface area (Å²) in [4.78, 5) is 24.2. The molecular weight excluding hydrogens is 358 g/mol. The number of rotatable bonds is 4. The Labute approximate surface area is 171 Å². The summed E-state index contributed by atoms with van der Waals surface area (Å²) < 4.78 is 0. The van der Waals surface area contributed by atoms with Crippen molar-refractivity contribution >= 4 is 5.91 Å². The molecule has 0 spiro atoms. The molecule has 2 fully saturated rings. The number of hydrogen-bond donors (Lipinski definition) is 0. The van der Waals surface area contributed by atoms with Crippen molar-refractivity contribution in [1.29, 1.82) is 0 Å². The first-order chi connectivity index (χ1) is 14.3. The molecule has 1 aliphatic carbocycles. The number of carbonyl (C=O) groups excluding carboxylic acids is 1. The van der Waals surface area contributed by atoms with Gasteiger partial charge < -0.3 is 4.90 Å². The number of hydrogen-bond acceptors (Lipinski definition) is 3. The maximum atomic E-state index is 13.3. The lowest BCUT2D eigenvalue weighted by atomic mass is 9.69. The zero-order chi connectivity index (χ0) is 19.7. The Morgan fingerprint density at radius 3 is 2.03 bits per heavy atom. The van der Waals surface area contributed by atoms with E-state index in [1.807, 2.05) is 17.0 Å². The smallest absolute Gasteiger partial charge is 0.257 e. The molecule has 0 radical (unpaired) electrons. The summed E-state index contributed by atoms with van der Waals surface area (Å²) in [5, 5.41) is 0. The third kappa shape index (κ3) is 3.44. The lowest BCUT2D eigenvalue weighted by molar-refractivity contribution is 0.0665. The molecule has 0 unspecified atom stereocenters. The van der Waals surface area contributed by atoms with E-state index in [0.717, 1.165) is 38.1 Å². The number of aromatic nitrogens is 2. The van der Waals surface area contributed by atoms with E-state index in [9.17, 15) is 4.79 Å². The van der Waals surface area contributed by atoms with Crippen LogP contribution < -0.4 is 0 Å². The fourth-order valence-electron chi connectivity index (χ4n) is 4.56. The van der Waals surface area contributed by atoms with Crippen molar-refractivity contribution in [3.8, 4) is 0 Å². The highest BCUT2D eigenvalue weighted by molar-refractivity contribution is 5.93. The molecule has 5 rings (SSSR count). The number of amides is 1. The van der Waals surface area contributed by atoms with Crippen molar-refractivity contribution < 1.29 is 4.79 Å². The molecule has 2 aliphatic rings. The van der Waals surface area contributed by atoms with E-state index in [1.54, 1.807) is 12.4 Å². The van der Waals surface area contributed by atoms with E-state index in [0.29, 0.717) is 18.0 Å².